The van der Waals surface area contributed by atoms with Gasteiger partial charge in [-0.1, -0.05) is 24.3 Å². The molecule has 0 spiro atoms. The molecule has 1 aromatic carbocycles. The summed E-state index contributed by atoms with van der Waals surface area (Å²) >= 11 is 0. The summed E-state index contributed by atoms with van der Waals surface area (Å²) in [6.45, 7) is 12.0. The Labute approximate surface area is 149 Å². The van der Waals surface area contributed by atoms with Gasteiger partial charge in [-0.15, -0.1) is 6.58 Å². The Morgan fingerprint density at radius 2 is 1.56 bits per heavy atom. The van der Waals surface area contributed by atoms with Gasteiger partial charge >= 0.3 is 0 Å². The molecule has 6 heteroatoms. The van der Waals surface area contributed by atoms with Crippen molar-refractivity contribution in [3.05, 3.63) is 42.0 Å². The van der Waals surface area contributed by atoms with Gasteiger partial charge in [0.15, 0.2) is 0 Å². The minimum Gasteiger partial charge on any atom is -0.352 e. The molecule has 0 unspecified atom stereocenters. The lowest BCUT2D eigenvalue weighted by molar-refractivity contribution is -0.123. The van der Waals surface area contributed by atoms with E-state index >= 15 is 0 Å². The van der Waals surface area contributed by atoms with E-state index in [4.69, 9.17) is 0 Å². The topological polar surface area (TPSA) is 64.7 Å². The van der Waals surface area contributed by atoms with Crippen molar-refractivity contribution in [3.63, 3.8) is 0 Å². The van der Waals surface area contributed by atoms with Crippen molar-refractivity contribution in [1.82, 2.24) is 15.1 Å². The highest BCUT2D eigenvalue weighted by Crippen LogP contribution is 2.19. The minimum atomic E-state index is 0.00887. The number of piperazine rings is 1. The molecular formula is C19H28N4O2. The summed E-state index contributed by atoms with van der Waals surface area (Å²) in [7, 11) is 0. The monoisotopic (exact) mass is 344 g/mol. The average molecular weight is 344 g/mol. The van der Waals surface area contributed by atoms with E-state index in [1.54, 1.807) is 6.08 Å². The van der Waals surface area contributed by atoms with Gasteiger partial charge in [-0.2, -0.15) is 0 Å². The number of para-hydroxylation sites is 1. The van der Waals surface area contributed by atoms with E-state index in [1.165, 1.54) is 0 Å². The number of nitrogens with zero attached hydrogens (tertiary/aromatic N) is 2. The van der Waals surface area contributed by atoms with E-state index in [9.17, 15) is 9.59 Å². The van der Waals surface area contributed by atoms with E-state index in [0.717, 1.165) is 43.0 Å². The zero-order valence-electron chi connectivity index (χ0n) is 15.2. The van der Waals surface area contributed by atoms with Crippen LogP contribution in [0.4, 0.5) is 5.69 Å². The normalized spacial score (nSPS) is 15.6. The van der Waals surface area contributed by atoms with Gasteiger partial charge in [0.25, 0.3) is 0 Å². The van der Waals surface area contributed by atoms with Crippen LogP contribution in [0, 0.1) is 13.8 Å². The van der Waals surface area contributed by atoms with Crippen molar-refractivity contribution in [2.45, 2.75) is 13.8 Å². The molecular weight excluding hydrogens is 316 g/mol. The fourth-order valence-electron chi connectivity index (χ4n) is 2.94. The Bertz CT molecular complexity index is 602. The number of benzene rings is 1. The van der Waals surface area contributed by atoms with Crippen LogP contribution in [0.2, 0.25) is 0 Å². The van der Waals surface area contributed by atoms with E-state index in [2.05, 4.69) is 27.0 Å². The second-order valence-corrected chi connectivity index (χ2v) is 6.46. The molecule has 1 aliphatic rings. The van der Waals surface area contributed by atoms with Crippen molar-refractivity contribution in [2.24, 2.45) is 0 Å². The molecule has 1 saturated heterocycles. The second kappa shape index (κ2) is 9.34. The van der Waals surface area contributed by atoms with Gasteiger partial charge in [0.05, 0.1) is 13.1 Å². The van der Waals surface area contributed by atoms with Crippen molar-refractivity contribution < 1.29 is 9.59 Å². The lowest BCUT2D eigenvalue weighted by Crippen LogP contribution is -2.51. The first-order valence-corrected chi connectivity index (χ1v) is 8.68. The van der Waals surface area contributed by atoms with Crippen molar-refractivity contribution in [3.8, 4) is 0 Å². The maximum absolute atomic E-state index is 12.3. The molecule has 0 atom stereocenters. The minimum absolute atomic E-state index is 0.00887. The molecule has 6 nitrogen and oxygen atoms in total. The first kappa shape index (κ1) is 19.1. The number of nitrogens with one attached hydrogen (secondary N) is 2. The molecule has 25 heavy (non-hydrogen) atoms. The Morgan fingerprint density at radius 1 is 1.04 bits per heavy atom. The fourth-order valence-corrected chi connectivity index (χ4v) is 2.94. The second-order valence-electron chi connectivity index (χ2n) is 6.46. The van der Waals surface area contributed by atoms with E-state index < -0.39 is 0 Å². The molecule has 0 radical (unpaired) electrons. The number of hydrogen-bond acceptors (Lipinski definition) is 4. The summed E-state index contributed by atoms with van der Waals surface area (Å²) in [5, 5.41) is 5.81. The SMILES string of the molecule is C=CCNC(=O)CN1CCN(CC(=O)Nc2c(C)cccc2C)CC1. The summed E-state index contributed by atoms with van der Waals surface area (Å²) in [6.07, 6.45) is 1.67. The van der Waals surface area contributed by atoms with Crippen LogP contribution in [0.3, 0.4) is 0 Å². The Kier molecular flexibility index (Phi) is 7.16. The quantitative estimate of drug-likeness (QED) is 0.729. The molecule has 0 saturated carbocycles. The number of carbonyl (C=O) groups excluding carboxylic acids is 2. The Hall–Kier alpha value is -2.18. The van der Waals surface area contributed by atoms with Gasteiger partial charge in [0, 0.05) is 38.4 Å². The molecule has 2 rings (SSSR count). The Morgan fingerprint density at radius 3 is 2.08 bits per heavy atom. The average Bonchev–Trinajstić information content (AvgIpc) is 2.58. The highest BCUT2D eigenvalue weighted by molar-refractivity contribution is 5.93. The van der Waals surface area contributed by atoms with Crippen LogP contribution < -0.4 is 10.6 Å². The van der Waals surface area contributed by atoms with Crippen LogP contribution in [0.25, 0.3) is 0 Å². The van der Waals surface area contributed by atoms with Crippen LogP contribution >= 0.6 is 0 Å². The first-order valence-electron chi connectivity index (χ1n) is 8.68. The summed E-state index contributed by atoms with van der Waals surface area (Å²) in [5.74, 6) is 0.0238. The third-order valence-electron chi connectivity index (χ3n) is 4.39. The van der Waals surface area contributed by atoms with E-state index in [-0.39, 0.29) is 11.8 Å². The first-order chi connectivity index (χ1) is 12.0. The summed E-state index contributed by atoms with van der Waals surface area (Å²) in [5.41, 5.74) is 3.05. The number of aryl methyl sites for hydroxylation is 2. The molecule has 1 aromatic rings. The predicted octanol–water partition coefficient (Wildman–Crippen LogP) is 1.16. The standard InChI is InChI=1S/C19H28N4O2/c1-4-8-20-17(24)13-22-9-11-23(12-10-22)14-18(25)21-19-15(2)6-5-7-16(19)3/h4-7H,1,8-14H2,2-3H3,(H,20,24)(H,21,25). The van der Waals surface area contributed by atoms with Gasteiger partial charge in [0.2, 0.25) is 11.8 Å². The van der Waals surface area contributed by atoms with Crippen molar-refractivity contribution in [2.75, 3.05) is 51.1 Å². The molecule has 0 bridgehead atoms. The lowest BCUT2D eigenvalue weighted by atomic mass is 10.1. The number of amides is 2. The molecule has 1 heterocycles. The van der Waals surface area contributed by atoms with Crippen LogP contribution in [0.5, 0.6) is 0 Å². The maximum Gasteiger partial charge on any atom is 0.238 e. The molecule has 0 aliphatic carbocycles. The molecule has 1 aliphatic heterocycles. The number of anilines is 1. The van der Waals surface area contributed by atoms with E-state index in [0.29, 0.717) is 19.6 Å². The highest BCUT2D eigenvalue weighted by atomic mass is 16.2. The molecule has 136 valence electrons. The van der Waals surface area contributed by atoms with Crippen LogP contribution in [0.15, 0.2) is 30.9 Å². The zero-order valence-corrected chi connectivity index (χ0v) is 15.2. The Balaban J connectivity index is 1.75. The van der Waals surface area contributed by atoms with Crippen molar-refractivity contribution in [1.29, 1.82) is 0 Å². The van der Waals surface area contributed by atoms with Crippen LogP contribution in [-0.4, -0.2) is 67.4 Å². The largest absolute Gasteiger partial charge is 0.352 e. The molecule has 0 aromatic heterocycles. The smallest absolute Gasteiger partial charge is 0.238 e. The third kappa shape index (κ3) is 5.99. The number of carbonyl (C=O) groups is 2. The van der Waals surface area contributed by atoms with Crippen LogP contribution in [-0.2, 0) is 9.59 Å². The van der Waals surface area contributed by atoms with Crippen molar-refractivity contribution >= 4 is 17.5 Å². The van der Waals surface area contributed by atoms with E-state index in [1.807, 2.05) is 32.0 Å². The lowest BCUT2D eigenvalue weighted by Gasteiger charge is -2.33. The molecule has 2 amide bonds. The number of rotatable bonds is 7. The summed E-state index contributed by atoms with van der Waals surface area (Å²) in [4.78, 5) is 28.3. The van der Waals surface area contributed by atoms with Gasteiger partial charge in [-0.05, 0) is 25.0 Å². The van der Waals surface area contributed by atoms with Gasteiger partial charge in [-0.25, -0.2) is 0 Å². The molecule has 2 N–H and O–H groups in total. The predicted molar refractivity (Wildman–Crippen MR) is 101 cm³/mol. The van der Waals surface area contributed by atoms with Gasteiger partial charge in [0.1, 0.15) is 0 Å². The van der Waals surface area contributed by atoms with Gasteiger partial charge < -0.3 is 10.6 Å². The number of hydrogen-bond donors (Lipinski definition) is 2. The summed E-state index contributed by atoms with van der Waals surface area (Å²) in [6, 6.07) is 5.99. The zero-order chi connectivity index (χ0) is 18.2. The maximum atomic E-state index is 12.3. The molecule has 1 fully saturated rings. The highest BCUT2D eigenvalue weighted by Gasteiger charge is 2.20. The fraction of sp³-hybridized carbons (Fsp3) is 0.474. The van der Waals surface area contributed by atoms with Crippen LogP contribution in [0.1, 0.15) is 11.1 Å². The summed E-state index contributed by atoms with van der Waals surface area (Å²) < 4.78 is 0. The van der Waals surface area contributed by atoms with Gasteiger partial charge in [-0.3, -0.25) is 19.4 Å². The third-order valence-corrected chi connectivity index (χ3v) is 4.39.